The molecule has 2 heterocycles. The summed E-state index contributed by atoms with van der Waals surface area (Å²) in [6.07, 6.45) is 3.87. The van der Waals surface area contributed by atoms with E-state index in [1.54, 1.807) is 18.3 Å². The molecular weight excluding hydrogens is 412 g/mol. The summed E-state index contributed by atoms with van der Waals surface area (Å²) >= 11 is 0. The smallest absolute Gasteiger partial charge is 0.261 e. The predicted molar refractivity (Wildman–Crippen MR) is 117 cm³/mol. The largest absolute Gasteiger partial charge is 0.350 e. The standard InChI is InChI=1S/C24H19F2N5O/c1-15-9-12-31(23-21(13-27)28-10-11-29-23)14-18(15)16-5-7-17(8-6-16)30-24(32)22-19(25)3-2-4-20(22)26/h2-8,10-11H,9,12,14H2,1H3,(H,30,32). The lowest BCUT2D eigenvalue weighted by Crippen LogP contribution is -2.32. The minimum atomic E-state index is -0.914. The number of benzene rings is 2. The van der Waals surface area contributed by atoms with Crippen molar-refractivity contribution in [2.75, 3.05) is 23.3 Å². The van der Waals surface area contributed by atoms with Crippen LogP contribution in [-0.2, 0) is 0 Å². The van der Waals surface area contributed by atoms with Gasteiger partial charge < -0.3 is 10.2 Å². The number of halogens is 2. The summed E-state index contributed by atoms with van der Waals surface area (Å²) in [5, 5.41) is 11.9. The molecule has 1 aliphatic heterocycles. The molecule has 0 atom stereocenters. The zero-order valence-corrected chi connectivity index (χ0v) is 17.3. The fourth-order valence-corrected chi connectivity index (χ4v) is 3.68. The highest BCUT2D eigenvalue weighted by Crippen LogP contribution is 2.30. The maximum Gasteiger partial charge on any atom is 0.261 e. The summed E-state index contributed by atoms with van der Waals surface area (Å²) in [6, 6.07) is 12.4. The highest BCUT2D eigenvalue weighted by molar-refractivity contribution is 6.04. The molecule has 0 aliphatic carbocycles. The topological polar surface area (TPSA) is 81.9 Å². The van der Waals surface area contributed by atoms with Gasteiger partial charge >= 0.3 is 0 Å². The quantitative estimate of drug-likeness (QED) is 0.655. The third kappa shape index (κ3) is 4.18. The molecule has 1 aromatic heterocycles. The molecule has 4 rings (SSSR count). The molecule has 0 saturated carbocycles. The monoisotopic (exact) mass is 431 g/mol. The second kappa shape index (κ2) is 8.94. The zero-order chi connectivity index (χ0) is 22.7. The number of carbonyl (C=O) groups is 1. The lowest BCUT2D eigenvalue weighted by Gasteiger charge is -2.31. The summed E-state index contributed by atoms with van der Waals surface area (Å²) in [5.74, 6) is -2.12. The predicted octanol–water partition coefficient (Wildman–Crippen LogP) is 4.56. The van der Waals surface area contributed by atoms with E-state index in [1.807, 2.05) is 17.0 Å². The minimum absolute atomic E-state index is 0.282. The van der Waals surface area contributed by atoms with Crippen molar-refractivity contribution < 1.29 is 13.6 Å². The summed E-state index contributed by atoms with van der Waals surface area (Å²) in [5.41, 5.74) is 3.34. The second-order valence-corrected chi connectivity index (χ2v) is 7.40. The van der Waals surface area contributed by atoms with Crippen LogP contribution in [-0.4, -0.2) is 29.0 Å². The van der Waals surface area contributed by atoms with E-state index in [4.69, 9.17) is 0 Å². The van der Waals surface area contributed by atoms with Crippen LogP contribution in [0.4, 0.5) is 20.3 Å². The molecule has 2 aromatic carbocycles. The van der Waals surface area contributed by atoms with Gasteiger partial charge in [-0.2, -0.15) is 5.26 Å². The molecule has 1 amide bonds. The fraction of sp³-hybridized carbons (Fsp3) is 0.167. The van der Waals surface area contributed by atoms with Gasteiger partial charge in [0.1, 0.15) is 23.3 Å². The van der Waals surface area contributed by atoms with Gasteiger partial charge in [-0.25, -0.2) is 18.7 Å². The number of nitrogens with one attached hydrogen (secondary N) is 1. The Hall–Kier alpha value is -4.12. The molecule has 0 spiro atoms. The Morgan fingerprint density at radius 2 is 1.78 bits per heavy atom. The highest BCUT2D eigenvalue weighted by Gasteiger charge is 2.22. The van der Waals surface area contributed by atoms with Gasteiger partial charge in [0.05, 0.1) is 0 Å². The van der Waals surface area contributed by atoms with E-state index >= 15 is 0 Å². The number of amides is 1. The normalized spacial score (nSPS) is 13.6. The Balaban J connectivity index is 1.53. The van der Waals surface area contributed by atoms with Crippen molar-refractivity contribution in [1.82, 2.24) is 9.97 Å². The van der Waals surface area contributed by atoms with Crippen molar-refractivity contribution in [1.29, 1.82) is 5.26 Å². The first kappa shape index (κ1) is 21.1. The number of hydrogen-bond acceptors (Lipinski definition) is 5. The maximum absolute atomic E-state index is 13.8. The molecule has 0 bridgehead atoms. The Labute approximate surface area is 183 Å². The van der Waals surface area contributed by atoms with E-state index in [-0.39, 0.29) is 5.69 Å². The Kier molecular flexibility index (Phi) is 5.90. The average molecular weight is 431 g/mol. The number of nitriles is 1. The van der Waals surface area contributed by atoms with Gasteiger partial charge in [0.25, 0.3) is 5.91 Å². The molecule has 1 N–H and O–H groups in total. The lowest BCUT2D eigenvalue weighted by atomic mass is 9.94. The number of nitrogens with zero attached hydrogens (tertiary/aromatic N) is 4. The zero-order valence-electron chi connectivity index (χ0n) is 17.3. The van der Waals surface area contributed by atoms with Crippen LogP contribution in [0.1, 0.15) is 35.0 Å². The van der Waals surface area contributed by atoms with Crippen molar-refractivity contribution in [3.8, 4) is 6.07 Å². The van der Waals surface area contributed by atoms with Gasteiger partial charge in [0.15, 0.2) is 11.5 Å². The Morgan fingerprint density at radius 3 is 2.47 bits per heavy atom. The summed E-state index contributed by atoms with van der Waals surface area (Å²) in [7, 11) is 0. The van der Waals surface area contributed by atoms with Gasteiger partial charge in [-0.1, -0.05) is 23.8 Å². The van der Waals surface area contributed by atoms with Crippen molar-refractivity contribution >= 4 is 23.0 Å². The van der Waals surface area contributed by atoms with Crippen molar-refractivity contribution in [2.45, 2.75) is 13.3 Å². The minimum Gasteiger partial charge on any atom is -0.350 e. The summed E-state index contributed by atoms with van der Waals surface area (Å²) in [4.78, 5) is 22.7. The van der Waals surface area contributed by atoms with E-state index < -0.39 is 23.1 Å². The van der Waals surface area contributed by atoms with E-state index in [0.29, 0.717) is 18.1 Å². The third-order valence-corrected chi connectivity index (χ3v) is 5.39. The second-order valence-electron chi connectivity index (χ2n) is 7.40. The molecule has 0 saturated heterocycles. The summed E-state index contributed by atoms with van der Waals surface area (Å²) < 4.78 is 27.7. The van der Waals surface area contributed by atoms with Crippen molar-refractivity contribution in [3.05, 3.63) is 88.9 Å². The molecular formula is C24H19F2N5O. The maximum atomic E-state index is 13.8. The molecule has 3 aromatic rings. The molecule has 8 heteroatoms. The SMILES string of the molecule is CC1=C(c2ccc(NC(=O)c3c(F)cccc3F)cc2)CN(c2nccnc2C#N)CC1. The lowest BCUT2D eigenvalue weighted by molar-refractivity contribution is 0.101. The third-order valence-electron chi connectivity index (χ3n) is 5.39. The van der Waals surface area contributed by atoms with Gasteiger partial charge in [0, 0.05) is 31.2 Å². The molecule has 0 radical (unpaired) electrons. The van der Waals surface area contributed by atoms with Crippen LogP contribution < -0.4 is 10.2 Å². The average Bonchev–Trinajstić information content (AvgIpc) is 2.80. The van der Waals surface area contributed by atoms with Crippen molar-refractivity contribution in [2.24, 2.45) is 0 Å². The summed E-state index contributed by atoms with van der Waals surface area (Å²) in [6.45, 7) is 3.35. The van der Waals surface area contributed by atoms with Crippen LogP contribution >= 0.6 is 0 Å². The van der Waals surface area contributed by atoms with Crippen molar-refractivity contribution in [3.63, 3.8) is 0 Å². The van der Waals surface area contributed by atoms with E-state index in [0.717, 1.165) is 36.2 Å². The number of hydrogen-bond donors (Lipinski definition) is 1. The van der Waals surface area contributed by atoms with Gasteiger partial charge in [0.2, 0.25) is 0 Å². The molecule has 0 unspecified atom stereocenters. The van der Waals surface area contributed by atoms with E-state index in [1.165, 1.54) is 17.8 Å². The van der Waals surface area contributed by atoms with Crippen LogP contribution in [0.2, 0.25) is 0 Å². The molecule has 160 valence electrons. The Bertz CT molecular complexity index is 1230. The van der Waals surface area contributed by atoms with Gasteiger partial charge in [-0.15, -0.1) is 0 Å². The van der Waals surface area contributed by atoms with Crippen LogP contribution in [0.25, 0.3) is 5.57 Å². The fourth-order valence-electron chi connectivity index (χ4n) is 3.68. The molecule has 1 aliphatic rings. The van der Waals surface area contributed by atoms with Crippen LogP contribution in [0.5, 0.6) is 0 Å². The highest BCUT2D eigenvalue weighted by atomic mass is 19.1. The first-order chi connectivity index (χ1) is 15.5. The Morgan fingerprint density at radius 1 is 1.09 bits per heavy atom. The van der Waals surface area contributed by atoms with Crippen LogP contribution in [0.3, 0.4) is 0 Å². The molecule has 0 fully saturated rings. The number of aromatic nitrogens is 2. The molecule has 32 heavy (non-hydrogen) atoms. The van der Waals surface area contributed by atoms with Gasteiger partial charge in [-0.3, -0.25) is 4.79 Å². The number of carbonyl (C=O) groups excluding carboxylic acids is 1. The van der Waals surface area contributed by atoms with E-state index in [9.17, 15) is 18.8 Å². The van der Waals surface area contributed by atoms with Crippen LogP contribution in [0.15, 0.2) is 60.4 Å². The first-order valence-corrected chi connectivity index (χ1v) is 9.98. The number of anilines is 2. The van der Waals surface area contributed by atoms with E-state index in [2.05, 4.69) is 28.3 Å². The first-order valence-electron chi connectivity index (χ1n) is 9.98. The van der Waals surface area contributed by atoms with Crippen LogP contribution in [0, 0.1) is 23.0 Å². The number of rotatable bonds is 4. The molecule has 6 nitrogen and oxygen atoms in total. The van der Waals surface area contributed by atoms with Gasteiger partial charge in [-0.05, 0) is 48.7 Å².